The van der Waals surface area contributed by atoms with Crippen molar-refractivity contribution in [1.82, 2.24) is 9.21 Å². The number of hydrogen-bond donors (Lipinski definition) is 0. The zero-order chi connectivity index (χ0) is 14.8. The molecule has 0 aromatic heterocycles. The summed E-state index contributed by atoms with van der Waals surface area (Å²) < 4.78 is 39.0. The Hall–Kier alpha value is -1.49. The van der Waals surface area contributed by atoms with Crippen LogP contribution in [0.5, 0.6) is 0 Å². The highest BCUT2D eigenvalue weighted by Gasteiger charge is 2.29. The summed E-state index contributed by atoms with van der Waals surface area (Å²) in [6.45, 7) is 3.52. The van der Waals surface area contributed by atoms with E-state index in [0.717, 1.165) is 12.1 Å². The molecule has 2 rings (SSSR count). The Morgan fingerprint density at radius 3 is 2.25 bits per heavy atom. The van der Waals surface area contributed by atoms with Gasteiger partial charge in [-0.1, -0.05) is 0 Å². The van der Waals surface area contributed by atoms with Gasteiger partial charge in [0.1, 0.15) is 5.82 Å². The van der Waals surface area contributed by atoms with Crippen LogP contribution in [-0.4, -0.2) is 49.8 Å². The molecule has 5 nitrogen and oxygen atoms in total. The first-order valence-corrected chi connectivity index (χ1v) is 7.78. The molecule has 1 aromatic rings. The lowest BCUT2D eigenvalue weighted by molar-refractivity contribution is 0.169. The van der Waals surface area contributed by atoms with E-state index >= 15 is 0 Å². The quantitative estimate of drug-likeness (QED) is 0.836. The van der Waals surface area contributed by atoms with Crippen molar-refractivity contribution >= 4 is 10.0 Å². The fraction of sp³-hybridized carbons (Fsp3) is 0.462. The normalized spacial score (nSPS) is 19.4. The van der Waals surface area contributed by atoms with Gasteiger partial charge in [-0.05, 0) is 31.2 Å². The summed E-state index contributed by atoms with van der Waals surface area (Å²) in [5.41, 5.74) is 0. The van der Waals surface area contributed by atoms with E-state index in [4.69, 9.17) is 5.26 Å². The van der Waals surface area contributed by atoms with E-state index in [-0.39, 0.29) is 10.9 Å². The highest BCUT2D eigenvalue weighted by Crippen LogP contribution is 2.18. The largest absolute Gasteiger partial charge is 0.286 e. The van der Waals surface area contributed by atoms with Gasteiger partial charge in [-0.2, -0.15) is 9.57 Å². The van der Waals surface area contributed by atoms with E-state index in [1.807, 2.05) is 4.90 Å². The molecule has 0 bridgehead atoms. The molecule has 1 aliphatic heterocycles. The number of rotatable bonds is 3. The van der Waals surface area contributed by atoms with E-state index in [1.165, 1.54) is 16.4 Å². The molecule has 0 saturated carbocycles. The summed E-state index contributed by atoms with van der Waals surface area (Å²) in [7, 11) is -3.58. The van der Waals surface area contributed by atoms with Crippen molar-refractivity contribution in [3.8, 4) is 6.07 Å². The zero-order valence-electron chi connectivity index (χ0n) is 11.2. The second-order valence-electron chi connectivity index (χ2n) is 4.70. The van der Waals surface area contributed by atoms with Crippen LogP contribution in [0.1, 0.15) is 6.92 Å². The molecule has 0 radical (unpaired) electrons. The fourth-order valence-corrected chi connectivity index (χ4v) is 3.59. The van der Waals surface area contributed by atoms with Crippen molar-refractivity contribution in [3.63, 3.8) is 0 Å². The average molecular weight is 297 g/mol. The SMILES string of the molecule is C[C@H](C#N)N1CCN(S(=O)(=O)c2ccc(F)cc2)CC1. The van der Waals surface area contributed by atoms with Gasteiger partial charge in [-0.15, -0.1) is 0 Å². The fourth-order valence-electron chi connectivity index (χ4n) is 2.17. The topological polar surface area (TPSA) is 64.4 Å². The van der Waals surface area contributed by atoms with E-state index < -0.39 is 15.8 Å². The Morgan fingerprint density at radius 2 is 1.75 bits per heavy atom. The molecule has 108 valence electrons. The Balaban J connectivity index is 2.10. The molecule has 1 aliphatic rings. The van der Waals surface area contributed by atoms with Gasteiger partial charge >= 0.3 is 0 Å². The molecule has 0 amide bonds. The Morgan fingerprint density at radius 1 is 1.20 bits per heavy atom. The van der Waals surface area contributed by atoms with Gasteiger partial charge in [0.15, 0.2) is 0 Å². The smallest absolute Gasteiger partial charge is 0.243 e. The van der Waals surface area contributed by atoms with Gasteiger partial charge in [0.2, 0.25) is 10.0 Å². The van der Waals surface area contributed by atoms with E-state index in [2.05, 4.69) is 6.07 Å². The number of nitriles is 1. The van der Waals surface area contributed by atoms with Crippen LogP contribution in [0.25, 0.3) is 0 Å². The van der Waals surface area contributed by atoms with Gasteiger partial charge < -0.3 is 0 Å². The molecule has 1 saturated heterocycles. The lowest BCUT2D eigenvalue weighted by Crippen LogP contribution is -2.50. The van der Waals surface area contributed by atoms with Crippen LogP contribution in [-0.2, 0) is 10.0 Å². The van der Waals surface area contributed by atoms with Crippen molar-refractivity contribution in [2.24, 2.45) is 0 Å². The van der Waals surface area contributed by atoms with E-state index in [0.29, 0.717) is 26.2 Å². The summed E-state index contributed by atoms with van der Waals surface area (Å²) in [5, 5.41) is 8.86. The maximum Gasteiger partial charge on any atom is 0.243 e. The Kier molecular flexibility index (Phi) is 4.38. The van der Waals surface area contributed by atoms with Crippen molar-refractivity contribution in [1.29, 1.82) is 5.26 Å². The van der Waals surface area contributed by atoms with Crippen molar-refractivity contribution < 1.29 is 12.8 Å². The van der Waals surface area contributed by atoms with Crippen LogP contribution in [0.15, 0.2) is 29.2 Å². The molecule has 0 spiro atoms. The molecule has 1 aromatic carbocycles. The second-order valence-corrected chi connectivity index (χ2v) is 6.64. The first-order chi connectivity index (χ1) is 9.45. The maximum absolute atomic E-state index is 12.9. The number of benzene rings is 1. The van der Waals surface area contributed by atoms with Crippen LogP contribution in [0.2, 0.25) is 0 Å². The number of sulfonamides is 1. The summed E-state index contributed by atoms with van der Waals surface area (Å²) in [5.74, 6) is -0.461. The van der Waals surface area contributed by atoms with E-state index in [9.17, 15) is 12.8 Å². The molecule has 7 heteroatoms. The van der Waals surface area contributed by atoms with Gasteiger partial charge in [-0.3, -0.25) is 4.90 Å². The first-order valence-electron chi connectivity index (χ1n) is 6.34. The van der Waals surface area contributed by atoms with Gasteiger partial charge in [0.25, 0.3) is 0 Å². The summed E-state index contributed by atoms with van der Waals surface area (Å²) in [4.78, 5) is 2.04. The molecule has 20 heavy (non-hydrogen) atoms. The standard InChI is InChI=1S/C13H16FN3O2S/c1-11(10-15)16-6-8-17(9-7-16)20(18,19)13-4-2-12(14)3-5-13/h2-5,11H,6-9H2,1H3/t11-/m1/s1. The van der Waals surface area contributed by atoms with Crippen LogP contribution >= 0.6 is 0 Å². The van der Waals surface area contributed by atoms with Crippen molar-refractivity contribution in [2.45, 2.75) is 17.9 Å². The number of hydrogen-bond acceptors (Lipinski definition) is 4. The molecule has 0 aliphatic carbocycles. The third-order valence-corrected chi connectivity index (χ3v) is 5.37. The molecule has 1 heterocycles. The highest BCUT2D eigenvalue weighted by molar-refractivity contribution is 7.89. The third kappa shape index (κ3) is 2.98. The van der Waals surface area contributed by atoms with Crippen LogP contribution < -0.4 is 0 Å². The highest BCUT2D eigenvalue weighted by atomic mass is 32.2. The van der Waals surface area contributed by atoms with Crippen molar-refractivity contribution in [2.75, 3.05) is 26.2 Å². The Bertz CT molecular complexity index is 601. The average Bonchev–Trinajstić information content (AvgIpc) is 2.47. The summed E-state index contributed by atoms with van der Waals surface area (Å²) >= 11 is 0. The predicted molar refractivity (Wildman–Crippen MR) is 71.8 cm³/mol. The van der Waals surface area contributed by atoms with Gasteiger partial charge in [0, 0.05) is 26.2 Å². The minimum Gasteiger partial charge on any atom is -0.286 e. The number of nitrogens with zero attached hydrogens (tertiary/aromatic N) is 3. The molecule has 0 unspecified atom stereocenters. The van der Waals surface area contributed by atoms with Crippen LogP contribution in [0.3, 0.4) is 0 Å². The van der Waals surface area contributed by atoms with Gasteiger partial charge in [0.05, 0.1) is 17.0 Å². The third-order valence-electron chi connectivity index (χ3n) is 3.46. The summed E-state index contributed by atoms with van der Waals surface area (Å²) in [6.07, 6.45) is 0. The summed E-state index contributed by atoms with van der Waals surface area (Å²) in [6, 6.07) is 6.75. The number of piperazine rings is 1. The lowest BCUT2D eigenvalue weighted by Gasteiger charge is -2.35. The monoisotopic (exact) mass is 297 g/mol. The maximum atomic E-state index is 12.9. The molecular formula is C13H16FN3O2S. The van der Waals surface area contributed by atoms with Crippen LogP contribution in [0, 0.1) is 17.1 Å². The Labute approximate surface area is 118 Å². The minimum absolute atomic E-state index is 0.0979. The van der Waals surface area contributed by atoms with Crippen molar-refractivity contribution in [3.05, 3.63) is 30.1 Å². The first kappa shape index (κ1) is 14.9. The predicted octanol–water partition coefficient (Wildman–Crippen LogP) is 1.04. The lowest BCUT2D eigenvalue weighted by atomic mass is 10.2. The zero-order valence-corrected chi connectivity index (χ0v) is 12.0. The molecular weight excluding hydrogens is 281 g/mol. The van der Waals surface area contributed by atoms with Crippen LogP contribution in [0.4, 0.5) is 4.39 Å². The molecule has 0 N–H and O–H groups in total. The minimum atomic E-state index is -3.58. The molecule has 1 atom stereocenters. The number of halogens is 1. The van der Waals surface area contributed by atoms with E-state index in [1.54, 1.807) is 6.92 Å². The molecule has 1 fully saturated rings. The van der Waals surface area contributed by atoms with Gasteiger partial charge in [-0.25, -0.2) is 12.8 Å². The second kappa shape index (κ2) is 5.87.